The van der Waals surface area contributed by atoms with Crippen LogP contribution in [0, 0.1) is 0 Å². The summed E-state index contributed by atoms with van der Waals surface area (Å²) in [6, 6.07) is 8.68. The van der Waals surface area contributed by atoms with E-state index in [1.54, 1.807) is 29.6 Å². The number of anilines is 2. The average Bonchev–Trinajstić information content (AvgIpc) is 2.99. The van der Waals surface area contributed by atoms with Crippen molar-refractivity contribution in [1.82, 2.24) is 0 Å². The Hall–Kier alpha value is -0.946. The van der Waals surface area contributed by atoms with E-state index in [1.807, 2.05) is 87.4 Å². The van der Waals surface area contributed by atoms with E-state index in [2.05, 4.69) is 10.6 Å². The molecule has 0 aliphatic rings. The van der Waals surface area contributed by atoms with Gasteiger partial charge in [0.1, 0.15) is 0 Å². The van der Waals surface area contributed by atoms with Gasteiger partial charge in [-0.15, -0.1) is 23.5 Å². The first-order valence-corrected chi connectivity index (χ1v) is 22.5. The molecule has 1 rings (SSSR count). The summed E-state index contributed by atoms with van der Waals surface area (Å²) in [5.41, 5.74) is 1.25. The monoisotopic (exact) mass is 720 g/mol. The van der Waals surface area contributed by atoms with Gasteiger partial charge < -0.3 is 37.2 Å². The Morgan fingerprint density at radius 3 is 1.20 bits per heavy atom. The van der Waals surface area contributed by atoms with E-state index in [9.17, 15) is 9.59 Å². The fourth-order valence-electron chi connectivity index (χ4n) is 4.60. The van der Waals surface area contributed by atoms with Gasteiger partial charge in [-0.1, -0.05) is 6.07 Å². The second kappa shape index (κ2) is 21.9. The number of carbonyl (C=O) groups excluding carboxylic acids is 2. The number of amides is 2. The first-order chi connectivity index (χ1) is 21.8. The highest BCUT2D eigenvalue weighted by Gasteiger charge is 2.41. The Labute approximate surface area is 289 Å². The minimum atomic E-state index is -2.70. The molecule has 46 heavy (non-hydrogen) atoms. The number of benzene rings is 1. The standard InChI is InChI=1S/C32H60N2O8S2Si2/c1-11-37-45(38-12-2,39-13-3)24-18-22-43-31(7,8)29(35)33-27-20-17-21-28(26-27)34-30(36)32(9,10)44-23-19-25-46(40-14-4,41-15-5)42-16-6/h17,20-21,26H,11-16,18-19,22-25H2,1-10H3,(H,33,35)(H,34,36). The van der Waals surface area contributed by atoms with Gasteiger partial charge in [0.05, 0.1) is 9.49 Å². The molecular weight excluding hydrogens is 661 g/mol. The highest BCUT2D eigenvalue weighted by atomic mass is 32.2. The predicted molar refractivity (Wildman–Crippen MR) is 197 cm³/mol. The smallest absolute Gasteiger partial charge is 0.374 e. The topological polar surface area (TPSA) is 114 Å². The summed E-state index contributed by atoms with van der Waals surface area (Å²) in [5, 5.41) is 6.05. The summed E-state index contributed by atoms with van der Waals surface area (Å²) in [6.07, 6.45) is 1.63. The van der Waals surface area contributed by atoms with Gasteiger partial charge in [-0.3, -0.25) is 9.59 Å². The molecule has 2 amide bonds. The molecule has 0 spiro atoms. The van der Waals surface area contributed by atoms with Gasteiger partial charge in [-0.2, -0.15) is 0 Å². The van der Waals surface area contributed by atoms with Crippen molar-refractivity contribution in [3.05, 3.63) is 24.3 Å². The van der Waals surface area contributed by atoms with Crippen molar-refractivity contribution in [1.29, 1.82) is 0 Å². The summed E-state index contributed by atoms with van der Waals surface area (Å²) in [4.78, 5) is 26.5. The molecule has 1 aromatic carbocycles. The van der Waals surface area contributed by atoms with Gasteiger partial charge in [0, 0.05) is 63.1 Å². The van der Waals surface area contributed by atoms with E-state index < -0.39 is 27.1 Å². The minimum Gasteiger partial charge on any atom is -0.374 e. The van der Waals surface area contributed by atoms with Crippen LogP contribution in [-0.2, 0) is 36.1 Å². The Morgan fingerprint density at radius 1 is 0.609 bits per heavy atom. The number of carbonyl (C=O) groups is 2. The van der Waals surface area contributed by atoms with Crippen molar-refractivity contribution in [3.63, 3.8) is 0 Å². The third-order valence-corrected chi connectivity index (χ3v) is 15.9. The van der Waals surface area contributed by atoms with Gasteiger partial charge in [0.15, 0.2) is 0 Å². The summed E-state index contributed by atoms with van der Waals surface area (Å²) >= 11 is 3.18. The van der Waals surface area contributed by atoms with Crippen LogP contribution in [0.15, 0.2) is 24.3 Å². The van der Waals surface area contributed by atoms with Crippen LogP contribution in [0.5, 0.6) is 0 Å². The maximum atomic E-state index is 13.3. The maximum Gasteiger partial charge on any atom is 0.500 e. The molecule has 0 saturated heterocycles. The van der Waals surface area contributed by atoms with Crippen LogP contribution in [0.2, 0.25) is 12.1 Å². The maximum absolute atomic E-state index is 13.3. The Morgan fingerprint density at radius 2 is 0.913 bits per heavy atom. The number of hydrogen-bond acceptors (Lipinski definition) is 10. The molecule has 0 fully saturated rings. The van der Waals surface area contributed by atoms with Crippen LogP contribution in [0.3, 0.4) is 0 Å². The predicted octanol–water partition coefficient (Wildman–Crippen LogP) is 7.46. The molecule has 14 heteroatoms. The van der Waals surface area contributed by atoms with E-state index in [4.69, 9.17) is 26.6 Å². The molecular formula is C32H60N2O8S2Si2. The molecule has 0 saturated carbocycles. The molecule has 0 aliphatic heterocycles. The van der Waals surface area contributed by atoms with Crippen LogP contribution >= 0.6 is 23.5 Å². The van der Waals surface area contributed by atoms with Gasteiger partial charge in [-0.05, 0) is 112 Å². The normalized spacial score (nSPS) is 12.7. The lowest BCUT2D eigenvalue weighted by Crippen LogP contribution is -2.46. The van der Waals surface area contributed by atoms with Crippen molar-refractivity contribution in [2.75, 3.05) is 61.8 Å². The number of thioether (sulfide) groups is 2. The second-order valence-electron chi connectivity index (χ2n) is 11.4. The Balaban J connectivity index is 2.70. The van der Waals surface area contributed by atoms with Crippen LogP contribution in [0.25, 0.3) is 0 Å². The molecule has 0 aliphatic carbocycles. The lowest BCUT2D eigenvalue weighted by molar-refractivity contribution is -0.118. The van der Waals surface area contributed by atoms with E-state index in [-0.39, 0.29) is 11.8 Å². The molecule has 0 radical (unpaired) electrons. The highest BCUT2D eigenvalue weighted by molar-refractivity contribution is 8.01. The fraction of sp³-hybridized carbons (Fsp3) is 0.750. The first-order valence-electron chi connectivity index (χ1n) is 16.6. The second-order valence-corrected chi connectivity index (χ2v) is 20.3. The van der Waals surface area contributed by atoms with Gasteiger partial charge in [-0.25, -0.2) is 0 Å². The zero-order valence-electron chi connectivity index (χ0n) is 29.9. The van der Waals surface area contributed by atoms with E-state index in [1.165, 1.54) is 0 Å². The van der Waals surface area contributed by atoms with E-state index in [0.717, 1.165) is 24.3 Å². The molecule has 1 aromatic rings. The largest absolute Gasteiger partial charge is 0.500 e. The number of nitrogens with one attached hydrogen (secondary N) is 2. The van der Waals surface area contributed by atoms with Crippen LogP contribution in [0.4, 0.5) is 11.4 Å². The lowest BCUT2D eigenvalue weighted by atomic mass is 10.1. The summed E-state index contributed by atoms with van der Waals surface area (Å²) in [6.45, 7) is 22.6. The van der Waals surface area contributed by atoms with Crippen molar-refractivity contribution in [2.45, 2.75) is 104 Å². The lowest BCUT2D eigenvalue weighted by Gasteiger charge is -2.29. The molecule has 2 N–H and O–H groups in total. The van der Waals surface area contributed by atoms with E-state index >= 15 is 0 Å². The molecule has 0 bridgehead atoms. The Bertz CT molecular complexity index is 926. The number of rotatable bonds is 26. The zero-order chi connectivity index (χ0) is 34.7. The average molecular weight is 721 g/mol. The molecule has 0 heterocycles. The molecule has 266 valence electrons. The SMILES string of the molecule is CCO[Si](CCCSC(C)(C)C(=O)Nc1cccc(NC(=O)C(C)(C)SCCC[Si](OCC)(OCC)OCC)c1)(OCC)OCC. The Kier molecular flexibility index (Phi) is 20.5. The van der Waals surface area contributed by atoms with Crippen LogP contribution in [-0.4, -0.2) is 90.1 Å². The third kappa shape index (κ3) is 15.1. The molecule has 10 nitrogen and oxygen atoms in total. The molecule has 0 unspecified atom stereocenters. The third-order valence-electron chi connectivity index (χ3n) is 6.84. The zero-order valence-corrected chi connectivity index (χ0v) is 33.5. The van der Waals surface area contributed by atoms with Crippen molar-refractivity contribution >= 4 is 64.3 Å². The van der Waals surface area contributed by atoms with Crippen LogP contribution < -0.4 is 10.6 Å². The fourth-order valence-corrected chi connectivity index (χ4v) is 12.3. The summed E-state index contributed by atoms with van der Waals surface area (Å²) in [5.74, 6) is 1.31. The molecule has 0 aromatic heterocycles. The van der Waals surface area contributed by atoms with Gasteiger partial charge in [0.25, 0.3) is 0 Å². The van der Waals surface area contributed by atoms with Crippen molar-refractivity contribution in [2.24, 2.45) is 0 Å². The molecule has 0 atom stereocenters. The van der Waals surface area contributed by atoms with Gasteiger partial charge in [0.2, 0.25) is 11.8 Å². The van der Waals surface area contributed by atoms with Crippen molar-refractivity contribution in [3.8, 4) is 0 Å². The quantitative estimate of drug-likeness (QED) is 0.0739. The van der Waals surface area contributed by atoms with Gasteiger partial charge >= 0.3 is 17.6 Å². The van der Waals surface area contributed by atoms with Crippen molar-refractivity contribution < 1.29 is 36.1 Å². The highest BCUT2D eigenvalue weighted by Crippen LogP contribution is 2.31. The first kappa shape index (κ1) is 43.1. The summed E-state index contributed by atoms with van der Waals surface area (Å²) in [7, 11) is -5.41. The number of hydrogen-bond donors (Lipinski definition) is 2. The van der Waals surface area contributed by atoms with E-state index in [0.29, 0.717) is 63.1 Å². The summed E-state index contributed by atoms with van der Waals surface area (Å²) < 4.78 is 34.4. The minimum absolute atomic E-state index is 0.106. The van der Waals surface area contributed by atoms with Crippen LogP contribution in [0.1, 0.15) is 82.1 Å².